The number of hydrogen-bond acceptors (Lipinski definition) is 2. The largest absolute Gasteiger partial charge is 0.347 e. The van der Waals surface area contributed by atoms with Crippen molar-refractivity contribution >= 4 is 5.91 Å². The van der Waals surface area contributed by atoms with E-state index in [1.807, 2.05) is 41.0 Å². The van der Waals surface area contributed by atoms with E-state index in [1.54, 1.807) is 0 Å². The van der Waals surface area contributed by atoms with Crippen molar-refractivity contribution in [2.45, 2.75) is 44.6 Å². The van der Waals surface area contributed by atoms with Gasteiger partial charge < -0.3 is 14.0 Å². The molecule has 0 radical (unpaired) electrons. The quantitative estimate of drug-likeness (QED) is 0.874. The van der Waals surface area contributed by atoms with Crippen LogP contribution in [0.25, 0.3) is 0 Å². The zero-order valence-electron chi connectivity index (χ0n) is 13.9. The molecule has 0 bridgehead atoms. The van der Waals surface area contributed by atoms with E-state index < -0.39 is 0 Å². The highest BCUT2D eigenvalue weighted by molar-refractivity contribution is 5.93. The van der Waals surface area contributed by atoms with Crippen LogP contribution < -0.4 is 0 Å². The molecule has 2 aromatic heterocycles. The zero-order valence-corrected chi connectivity index (χ0v) is 13.9. The SMILES string of the molecule is Cc1cnc(C2CCC2)n1C1CCN(C(=O)c2cccn2C)C1. The van der Waals surface area contributed by atoms with Gasteiger partial charge in [-0.25, -0.2) is 4.98 Å². The van der Waals surface area contributed by atoms with Crippen molar-refractivity contribution in [3.05, 3.63) is 41.7 Å². The summed E-state index contributed by atoms with van der Waals surface area (Å²) >= 11 is 0. The fraction of sp³-hybridized carbons (Fsp3) is 0.556. The van der Waals surface area contributed by atoms with Crippen molar-refractivity contribution in [2.24, 2.45) is 7.05 Å². The Hall–Kier alpha value is -2.04. The van der Waals surface area contributed by atoms with Gasteiger partial charge >= 0.3 is 0 Å². The van der Waals surface area contributed by atoms with Crippen LogP contribution in [0.5, 0.6) is 0 Å². The summed E-state index contributed by atoms with van der Waals surface area (Å²) in [5.74, 6) is 2.01. The van der Waals surface area contributed by atoms with E-state index in [0.29, 0.717) is 12.0 Å². The first-order chi connectivity index (χ1) is 11.1. The molecule has 1 saturated heterocycles. The molecule has 5 heteroatoms. The van der Waals surface area contributed by atoms with Crippen molar-refractivity contribution in [3.63, 3.8) is 0 Å². The van der Waals surface area contributed by atoms with Gasteiger partial charge in [-0.3, -0.25) is 4.79 Å². The van der Waals surface area contributed by atoms with Gasteiger partial charge in [-0.2, -0.15) is 0 Å². The molecule has 2 aliphatic rings. The van der Waals surface area contributed by atoms with E-state index in [2.05, 4.69) is 16.5 Å². The van der Waals surface area contributed by atoms with Gasteiger partial charge in [0.2, 0.25) is 0 Å². The Morgan fingerprint density at radius 1 is 1.30 bits per heavy atom. The van der Waals surface area contributed by atoms with Crippen LogP contribution in [0.4, 0.5) is 0 Å². The maximum absolute atomic E-state index is 12.7. The lowest BCUT2D eigenvalue weighted by atomic mass is 9.84. The summed E-state index contributed by atoms with van der Waals surface area (Å²) in [6.45, 7) is 3.76. The molecule has 1 amide bonds. The molecule has 1 saturated carbocycles. The lowest BCUT2D eigenvalue weighted by molar-refractivity contribution is 0.0778. The summed E-state index contributed by atoms with van der Waals surface area (Å²) in [6, 6.07) is 4.20. The third kappa shape index (κ3) is 2.38. The van der Waals surface area contributed by atoms with Crippen molar-refractivity contribution in [2.75, 3.05) is 13.1 Å². The molecule has 122 valence electrons. The average molecular weight is 312 g/mol. The van der Waals surface area contributed by atoms with Crippen molar-refractivity contribution in [1.82, 2.24) is 19.0 Å². The van der Waals surface area contributed by atoms with Crippen LogP contribution in [-0.2, 0) is 7.05 Å². The van der Waals surface area contributed by atoms with E-state index in [1.165, 1.54) is 30.8 Å². The van der Waals surface area contributed by atoms with Crippen molar-refractivity contribution in [1.29, 1.82) is 0 Å². The van der Waals surface area contributed by atoms with Crippen LogP contribution in [0.3, 0.4) is 0 Å². The number of nitrogens with zero attached hydrogens (tertiary/aromatic N) is 4. The van der Waals surface area contributed by atoms with Crippen LogP contribution in [0.2, 0.25) is 0 Å². The lowest BCUT2D eigenvalue weighted by Crippen LogP contribution is -2.31. The van der Waals surface area contributed by atoms with Crippen LogP contribution in [0.15, 0.2) is 24.5 Å². The topological polar surface area (TPSA) is 43.1 Å². The molecule has 23 heavy (non-hydrogen) atoms. The molecule has 5 nitrogen and oxygen atoms in total. The fourth-order valence-electron chi connectivity index (χ4n) is 3.89. The fourth-order valence-corrected chi connectivity index (χ4v) is 3.89. The molecule has 2 fully saturated rings. The van der Waals surface area contributed by atoms with E-state index in [9.17, 15) is 4.79 Å². The molecular weight excluding hydrogens is 288 g/mol. The first-order valence-electron chi connectivity index (χ1n) is 8.59. The van der Waals surface area contributed by atoms with Gasteiger partial charge in [-0.05, 0) is 38.3 Å². The van der Waals surface area contributed by atoms with Gasteiger partial charge in [0.1, 0.15) is 11.5 Å². The Morgan fingerprint density at radius 3 is 2.78 bits per heavy atom. The third-order valence-electron chi connectivity index (χ3n) is 5.46. The van der Waals surface area contributed by atoms with Crippen molar-refractivity contribution < 1.29 is 4.79 Å². The minimum atomic E-state index is 0.142. The molecule has 1 aliphatic heterocycles. The molecule has 0 spiro atoms. The molecular formula is C18H24N4O. The van der Waals surface area contributed by atoms with Crippen LogP contribution in [0.1, 0.15) is 59.6 Å². The minimum absolute atomic E-state index is 0.142. The average Bonchev–Trinajstić information content (AvgIpc) is 3.17. The van der Waals surface area contributed by atoms with E-state index in [4.69, 9.17) is 0 Å². The second kappa shape index (κ2) is 5.55. The molecule has 0 N–H and O–H groups in total. The molecule has 4 rings (SSSR count). The Kier molecular flexibility index (Phi) is 3.51. The van der Waals surface area contributed by atoms with Gasteiger partial charge in [-0.15, -0.1) is 0 Å². The summed E-state index contributed by atoms with van der Waals surface area (Å²) in [6.07, 6.45) is 8.78. The number of carbonyl (C=O) groups excluding carboxylic acids is 1. The minimum Gasteiger partial charge on any atom is -0.347 e. The van der Waals surface area contributed by atoms with E-state index in [-0.39, 0.29) is 5.91 Å². The zero-order chi connectivity index (χ0) is 16.0. The van der Waals surface area contributed by atoms with Gasteiger partial charge in [0.15, 0.2) is 0 Å². The number of aryl methyl sites for hydroxylation is 2. The summed E-state index contributed by atoms with van der Waals surface area (Å²) in [4.78, 5) is 19.4. The van der Waals surface area contributed by atoms with Gasteiger partial charge in [-0.1, -0.05) is 6.42 Å². The third-order valence-corrected chi connectivity index (χ3v) is 5.46. The standard InChI is InChI=1S/C18H24N4O/c1-13-11-19-17(14-5-3-6-14)22(13)15-8-10-21(12-15)18(23)16-7-4-9-20(16)2/h4,7,9,11,14-15H,3,5-6,8,10,12H2,1-2H3. The highest BCUT2D eigenvalue weighted by Gasteiger charge is 2.33. The molecule has 1 unspecified atom stereocenters. The van der Waals surface area contributed by atoms with E-state index in [0.717, 1.165) is 25.2 Å². The van der Waals surface area contributed by atoms with Gasteiger partial charge in [0, 0.05) is 44.1 Å². The number of amides is 1. The van der Waals surface area contributed by atoms with Crippen LogP contribution in [0, 0.1) is 6.92 Å². The second-order valence-corrected chi connectivity index (χ2v) is 6.95. The number of hydrogen-bond donors (Lipinski definition) is 0. The summed E-state index contributed by atoms with van der Waals surface area (Å²) in [5, 5.41) is 0. The smallest absolute Gasteiger partial charge is 0.270 e. The molecule has 2 aromatic rings. The molecule has 1 aliphatic carbocycles. The highest BCUT2D eigenvalue weighted by Crippen LogP contribution is 2.38. The molecule has 0 aromatic carbocycles. The lowest BCUT2D eigenvalue weighted by Gasteiger charge is -2.28. The second-order valence-electron chi connectivity index (χ2n) is 6.95. The Bertz CT molecular complexity index is 725. The maximum Gasteiger partial charge on any atom is 0.270 e. The normalized spacial score (nSPS) is 21.7. The summed E-state index contributed by atoms with van der Waals surface area (Å²) in [7, 11) is 1.93. The number of rotatable bonds is 3. The number of carbonyl (C=O) groups is 1. The molecule has 3 heterocycles. The molecule has 1 atom stereocenters. The first-order valence-corrected chi connectivity index (χ1v) is 8.59. The van der Waals surface area contributed by atoms with Crippen LogP contribution >= 0.6 is 0 Å². The monoisotopic (exact) mass is 312 g/mol. The number of aromatic nitrogens is 3. The Morgan fingerprint density at radius 2 is 2.13 bits per heavy atom. The predicted octanol–water partition coefficient (Wildman–Crippen LogP) is 2.88. The Labute approximate surface area is 136 Å². The van der Waals surface area contributed by atoms with E-state index >= 15 is 0 Å². The maximum atomic E-state index is 12.7. The highest BCUT2D eigenvalue weighted by atomic mass is 16.2. The Balaban J connectivity index is 1.54. The summed E-state index contributed by atoms with van der Waals surface area (Å²) < 4.78 is 4.31. The summed E-state index contributed by atoms with van der Waals surface area (Å²) in [5.41, 5.74) is 2.00. The van der Waals surface area contributed by atoms with Gasteiger partial charge in [0.05, 0.1) is 6.04 Å². The van der Waals surface area contributed by atoms with Gasteiger partial charge in [0.25, 0.3) is 5.91 Å². The first kappa shape index (κ1) is 14.5. The predicted molar refractivity (Wildman–Crippen MR) is 88.5 cm³/mol. The van der Waals surface area contributed by atoms with Crippen LogP contribution in [-0.4, -0.2) is 38.0 Å². The number of imidazole rings is 1. The number of likely N-dealkylation sites (tertiary alicyclic amines) is 1. The van der Waals surface area contributed by atoms with Crippen molar-refractivity contribution in [3.8, 4) is 0 Å².